The van der Waals surface area contributed by atoms with Gasteiger partial charge in [-0.05, 0) is 43.7 Å². The van der Waals surface area contributed by atoms with Crippen molar-refractivity contribution < 1.29 is 14.7 Å². The number of phenolic OH excluding ortho intramolecular Hbond substituents is 1. The Bertz CT molecular complexity index is 1080. The smallest absolute Gasteiger partial charge is 0.267 e. The topological polar surface area (TPSA) is 91.3 Å². The summed E-state index contributed by atoms with van der Waals surface area (Å²) >= 11 is 12.8. The van der Waals surface area contributed by atoms with Crippen LogP contribution in [0.15, 0.2) is 36.5 Å². The van der Waals surface area contributed by atoms with E-state index in [1.165, 1.54) is 24.4 Å². The fourth-order valence-corrected chi connectivity index (χ4v) is 3.45. The van der Waals surface area contributed by atoms with Gasteiger partial charge in [0.2, 0.25) is 0 Å². The number of phenols is 1. The van der Waals surface area contributed by atoms with E-state index in [9.17, 15) is 14.7 Å². The lowest BCUT2D eigenvalue weighted by molar-refractivity contribution is 0.102. The summed E-state index contributed by atoms with van der Waals surface area (Å²) in [7, 11) is 0. The van der Waals surface area contributed by atoms with Crippen molar-refractivity contribution in [2.75, 3.05) is 10.6 Å². The van der Waals surface area contributed by atoms with Gasteiger partial charge in [0.1, 0.15) is 10.6 Å². The minimum atomic E-state index is -0.417. The molecular weight excluding hydrogens is 421 g/mol. The van der Waals surface area contributed by atoms with Crippen LogP contribution in [-0.4, -0.2) is 21.9 Å². The highest BCUT2D eigenvalue weighted by Gasteiger charge is 2.16. The fraction of sp³-hybridized carbons (Fsp3) is 0.105. The summed E-state index contributed by atoms with van der Waals surface area (Å²) in [6, 6.07) is 7.81. The minimum absolute atomic E-state index is 0.0970. The molecule has 1 aromatic heterocycles. The predicted octanol–water partition coefficient (Wildman–Crippen LogP) is 5.28. The number of hydrogen-bond donors (Lipinski definition) is 3. The zero-order chi connectivity index (χ0) is 20.4. The summed E-state index contributed by atoms with van der Waals surface area (Å²) in [4.78, 5) is 29.2. The van der Waals surface area contributed by atoms with Gasteiger partial charge >= 0.3 is 0 Å². The molecule has 0 saturated carbocycles. The summed E-state index contributed by atoms with van der Waals surface area (Å²) < 4.78 is 0. The number of hydrogen-bond acceptors (Lipinski definition) is 5. The van der Waals surface area contributed by atoms with E-state index in [1.807, 2.05) is 6.92 Å². The van der Waals surface area contributed by atoms with E-state index in [0.717, 1.165) is 16.9 Å². The van der Waals surface area contributed by atoms with Gasteiger partial charge in [-0.15, -0.1) is 0 Å². The van der Waals surface area contributed by atoms with Crippen molar-refractivity contribution in [2.45, 2.75) is 13.8 Å². The number of halogens is 2. The highest BCUT2D eigenvalue weighted by molar-refractivity contribution is 7.17. The van der Waals surface area contributed by atoms with Gasteiger partial charge in [-0.2, -0.15) is 0 Å². The summed E-state index contributed by atoms with van der Waals surface area (Å²) in [5.74, 6) is -0.705. The van der Waals surface area contributed by atoms with E-state index < -0.39 is 5.91 Å². The number of carbonyl (C=O) groups excluding carboxylic acids is 2. The van der Waals surface area contributed by atoms with E-state index >= 15 is 0 Å². The Morgan fingerprint density at radius 1 is 1.04 bits per heavy atom. The van der Waals surface area contributed by atoms with Crippen LogP contribution in [-0.2, 0) is 0 Å². The normalized spacial score (nSPS) is 10.6. The molecule has 0 unspecified atom stereocenters. The predicted molar refractivity (Wildman–Crippen MR) is 112 cm³/mol. The van der Waals surface area contributed by atoms with Crippen molar-refractivity contribution in [3.05, 3.63) is 68.1 Å². The van der Waals surface area contributed by atoms with E-state index in [2.05, 4.69) is 15.6 Å². The monoisotopic (exact) mass is 435 g/mol. The van der Waals surface area contributed by atoms with E-state index in [-0.39, 0.29) is 21.8 Å². The van der Waals surface area contributed by atoms with Crippen LogP contribution in [0.3, 0.4) is 0 Å². The van der Waals surface area contributed by atoms with Gasteiger partial charge in [-0.25, -0.2) is 4.98 Å². The number of aryl methyl sites for hydroxylation is 1. The molecular formula is C19H15Cl2N3O3S. The highest BCUT2D eigenvalue weighted by atomic mass is 35.5. The molecule has 3 aromatic rings. The van der Waals surface area contributed by atoms with Crippen LogP contribution in [0, 0.1) is 13.8 Å². The second-order valence-corrected chi connectivity index (χ2v) is 7.81. The number of nitrogens with one attached hydrogen (secondary N) is 2. The number of thiazole rings is 1. The van der Waals surface area contributed by atoms with Gasteiger partial charge in [0.25, 0.3) is 11.8 Å². The molecule has 0 fully saturated rings. The average Bonchev–Trinajstić information content (AvgIpc) is 3.12. The molecule has 144 valence electrons. The van der Waals surface area contributed by atoms with Crippen LogP contribution in [0.5, 0.6) is 5.75 Å². The lowest BCUT2D eigenvalue weighted by Gasteiger charge is -2.11. The fourth-order valence-electron chi connectivity index (χ4n) is 2.45. The molecule has 2 amide bonds. The summed E-state index contributed by atoms with van der Waals surface area (Å²) in [5.41, 5.74) is 2.26. The highest BCUT2D eigenvalue weighted by Crippen LogP contribution is 2.29. The number of nitrogens with zero attached hydrogens (tertiary/aromatic N) is 1. The largest absolute Gasteiger partial charge is 0.508 e. The zero-order valence-electron chi connectivity index (χ0n) is 14.8. The van der Waals surface area contributed by atoms with Gasteiger partial charge in [0.05, 0.1) is 21.9 Å². The van der Waals surface area contributed by atoms with Crippen molar-refractivity contribution in [3.63, 3.8) is 0 Å². The Morgan fingerprint density at radius 3 is 2.50 bits per heavy atom. The van der Waals surface area contributed by atoms with E-state index in [1.54, 1.807) is 19.1 Å². The maximum Gasteiger partial charge on any atom is 0.267 e. The number of aromatic hydroxyl groups is 1. The standard InChI is InChI=1S/C19H15Cl2N3O3S/c1-9-3-6-14(25)10(2)16(9)23-18(27)15-8-22-19(28-15)24-17(26)11-4-5-12(20)13(21)7-11/h3-8,25H,1-2H3,(H,23,27)(H,22,24,26). The van der Waals surface area contributed by atoms with E-state index in [4.69, 9.17) is 23.2 Å². The molecule has 1 heterocycles. The van der Waals surface area contributed by atoms with Gasteiger partial charge in [-0.1, -0.05) is 40.6 Å². The van der Waals surface area contributed by atoms with Crippen LogP contribution in [0.25, 0.3) is 0 Å². The second-order valence-electron chi connectivity index (χ2n) is 5.97. The molecule has 2 aromatic carbocycles. The van der Waals surface area contributed by atoms with Crippen molar-refractivity contribution in [2.24, 2.45) is 0 Å². The van der Waals surface area contributed by atoms with Crippen molar-refractivity contribution >= 4 is 57.2 Å². The van der Waals surface area contributed by atoms with Gasteiger partial charge in [0.15, 0.2) is 5.13 Å². The van der Waals surface area contributed by atoms with E-state index in [0.29, 0.717) is 26.7 Å². The van der Waals surface area contributed by atoms with Crippen LogP contribution in [0.4, 0.5) is 10.8 Å². The number of benzene rings is 2. The molecule has 0 atom stereocenters. The Morgan fingerprint density at radius 2 is 1.79 bits per heavy atom. The summed E-state index contributed by atoms with van der Waals surface area (Å²) in [6.45, 7) is 3.55. The van der Waals surface area contributed by atoms with Crippen LogP contribution in [0.1, 0.15) is 31.2 Å². The maximum atomic E-state index is 12.5. The molecule has 0 spiro atoms. The third-order valence-corrected chi connectivity index (χ3v) is 5.67. The molecule has 6 nitrogen and oxygen atoms in total. The number of anilines is 2. The first-order valence-corrected chi connectivity index (χ1v) is 9.66. The zero-order valence-corrected chi connectivity index (χ0v) is 17.2. The number of amides is 2. The lowest BCUT2D eigenvalue weighted by Crippen LogP contribution is -2.12. The molecule has 0 aliphatic carbocycles. The van der Waals surface area contributed by atoms with Gasteiger partial charge in [-0.3, -0.25) is 14.9 Å². The second kappa shape index (κ2) is 8.18. The Labute approximate surface area is 175 Å². The minimum Gasteiger partial charge on any atom is -0.508 e. The first-order valence-electron chi connectivity index (χ1n) is 8.09. The molecule has 0 aliphatic rings. The maximum absolute atomic E-state index is 12.5. The number of rotatable bonds is 4. The van der Waals surface area contributed by atoms with Gasteiger partial charge in [0, 0.05) is 11.1 Å². The van der Waals surface area contributed by atoms with Crippen LogP contribution < -0.4 is 10.6 Å². The third-order valence-electron chi connectivity index (χ3n) is 4.02. The average molecular weight is 436 g/mol. The van der Waals surface area contributed by atoms with Crippen LogP contribution >= 0.6 is 34.5 Å². The molecule has 9 heteroatoms. The Balaban J connectivity index is 1.73. The Kier molecular flexibility index (Phi) is 5.88. The van der Waals surface area contributed by atoms with Crippen LogP contribution in [0.2, 0.25) is 10.0 Å². The summed E-state index contributed by atoms with van der Waals surface area (Å²) in [5, 5.41) is 16.1. The third kappa shape index (κ3) is 4.27. The first-order chi connectivity index (χ1) is 13.3. The van der Waals surface area contributed by atoms with Gasteiger partial charge < -0.3 is 10.4 Å². The molecule has 0 bridgehead atoms. The molecule has 3 N–H and O–H groups in total. The first kappa shape index (κ1) is 20.1. The van der Waals surface area contributed by atoms with Crippen molar-refractivity contribution in [1.82, 2.24) is 4.98 Å². The van der Waals surface area contributed by atoms with Crippen molar-refractivity contribution in [3.8, 4) is 5.75 Å². The SMILES string of the molecule is Cc1ccc(O)c(C)c1NC(=O)c1cnc(NC(=O)c2ccc(Cl)c(Cl)c2)s1. The number of aromatic nitrogens is 1. The molecule has 28 heavy (non-hydrogen) atoms. The lowest BCUT2D eigenvalue weighted by atomic mass is 10.1. The summed E-state index contributed by atoms with van der Waals surface area (Å²) in [6.07, 6.45) is 1.37. The number of carbonyl (C=O) groups is 2. The molecule has 0 aliphatic heterocycles. The molecule has 0 saturated heterocycles. The molecule has 3 rings (SSSR count). The van der Waals surface area contributed by atoms with Crippen molar-refractivity contribution in [1.29, 1.82) is 0 Å². The quantitative estimate of drug-likeness (QED) is 0.519. The Hall–Kier alpha value is -2.61. The molecule has 0 radical (unpaired) electrons.